The van der Waals surface area contributed by atoms with Crippen LogP contribution in [-0.2, 0) is 21.5 Å². The summed E-state index contributed by atoms with van der Waals surface area (Å²) in [5.41, 5.74) is 1.64. The highest BCUT2D eigenvalue weighted by Crippen LogP contribution is 2.28. The number of hydrogen-bond donors (Lipinski definition) is 0. The summed E-state index contributed by atoms with van der Waals surface area (Å²) in [6.07, 6.45) is 3.56. The number of methoxy groups -OCH3 is 2. The van der Waals surface area contributed by atoms with Gasteiger partial charge in [-0.15, -0.1) is 0 Å². The van der Waals surface area contributed by atoms with Crippen LogP contribution in [0.15, 0.2) is 30.5 Å². The van der Waals surface area contributed by atoms with Gasteiger partial charge in [-0.3, -0.25) is 4.98 Å². The second-order valence-electron chi connectivity index (χ2n) is 6.91. The molecule has 1 aromatic carbocycles. The van der Waals surface area contributed by atoms with E-state index in [2.05, 4.69) is 4.98 Å². The first-order chi connectivity index (χ1) is 13.0. The molecule has 1 fully saturated rings. The minimum absolute atomic E-state index is 0.248. The Balaban J connectivity index is 1.82. The zero-order valence-electron chi connectivity index (χ0n) is 16.1. The maximum atomic E-state index is 13.1. The van der Waals surface area contributed by atoms with E-state index < -0.39 is 10.2 Å². The summed E-state index contributed by atoms with van der Waals surface area (Å²) in [7, 11) is 1.35. The molecule has 3 rings (SSSR count). The Morgan fingerprint density at radius 3 is 2.85 bits per heavy atom. The molecule has 0 bridgehead atoms. The standard InChI is InChI=1S/C19H27N3O4S/c1-21(27(23,24)22-11-5-6-15(12-22)14-25-2)13-16-8-9-18(26-3)19-17(16)7-4-10-20-19/h4,7-10,15H,5-6,11-14H2,1-3H3. The number of rotatable bonds is 7. The van der Waals surface area contributed by atoms with Crippen LogP contribution in [0.1, 0.15) is 18.4 Å². The molecule has 1 aliphatic heterocycles. The van der Waals surface area contributed by atoms with Gasteiger partial charge in [0, 0.05) is 45.4 Å². The third-order valence-electron chi connectivity index (χ3n) is 5.04. The Morgan fingerprint density at radius 1 is 1.30 bits per heavy atom. The number of nitrogens with zero attached hydrogens (tertiary/aromatic N) is 3. The minimum Gasteiger partial charge on any atom is -0.494 e. The van der Waals surface area contributed by atoms with Crippen LogP contribution in [0.3, 0.4) is 0 Å². The van der Waals surface area contributed by atoms with Crippen molar-refractivity contribution in [3.8, 4) is 5.75 Å². The molecule has 0 saturated carbocycles. The van der Waals surface area contributed by atoms with Gasteiger partial charge in [-0.1, -0.05) is 12.1 Å². The Morgan fingerprint density at radius 2 is 2.11 bits per heavy atom. The zero-order valence-corrected chi connectivity index (χ0v) is 16.9. The normalized spacial score (nSPS) is 18.9. The molecule has 2 aromatic rings. The van der Waals surface area contributed by atoms with E-state index in [1.807, 2.05) is 24.3 Å². The van der Waals surface area contributed by atoms with Gasteiger partial charge in [-0.05, 0) is 36.5 Å². The van der Waals surface area contributed by atoms with Crippen molar-refractivity contribution >= 4 is 21.1 Å². The van der Waals surface area contributed by atoms with Crippen LogP contribution < -0.4 is 4.74 Å². The molecule has 2 heterocycles. The van der Waals surface area contributed by atoms with E-state index in [0.717, 1.165) is 29.3 Å². The van der Waals surface area contributed by atoms with Crippen molar-refractivity contribution in [3.63, 3.8) is 0 Å². The minimum atomic E-state index is -3.54. The summed E-state index contributed by atoms with van der Waals surface area (Å²) < 4.78 is 39.7. The zero-order chi connectivity index (χ0) is 19.4. The van der Waals surface area contributed by atoms with Crippen LogP contribution in [0.25, 0.3) is 10.9 Å². The fraction of sp³-hybridized carbons (Fsp3) is 0.526. The number of fused-ring (bicyclic) bond motifs is 1. The Kier molecular flexibility index (Phi) is 6.31. The highest BCUT2D eigenvalue weighted by atomic mass is 32.2. The van der Waals surface area contributed by atoms with Crippen molar-refractivity contribution in [2.45, 2.75) is 19.4 Å². The predicted molar refractivity (Wildman–Crippen MR) is 105 cm³/mol. The van der Waals surface area contributed by atoms with Crippen LogP contribution in [-0.4, -0.2) is 63.0 Å². The van der Waals surface area contributed by atoms with E-state index >= 15 is 0 Å². The second kappa shape index (κ2) is 8.52. The molecule has 0 aliphatic carbocycles. The summed E-state index contributed by atoms with van der Waals surface area (Å²) in [5, 5.41) is 0.898. The van der Waals surface area contributed by atoms with E-state index in [1.54, 1.807) is 31.8 Å². The number of piperidine rings is 1. The molecule has 148 valence electrons. The highest BCUT2D eigenvalue weighted by Gasteiger charge is 2.32. The number of hydrogen-bond acceptors (Lipinski definition) is 5. The molecular formula is C19H27N3O4S. The molecule has 1 atom stereocenters. The molecule has 8 heteroatoms. The first-order valence-corrected chi connectivity index (χ1v) is 10.5. The lowest BCUT2D eigenvalue weighted by atomic mass is 10.0. The lowest BCUT2D eigenvalue weighted by Crippen LogP contribution is -2.47. The van der Waals surface area contributed by atoms with Crippen LogP contribution in [0, 0.1) is 5.92 Å². The molecule has 1 saturated heterocycles. The van der Waals surface area contributed by atoms with Crippen molar-refractivity contribution in [1.82, 2.24) is 13.6 Å². The smallest absolute Gasteiger partial charge is 0.282 e. The quantitative estimate of drug-likeness (QED) is 0.722. The molecule has 1 aliphatic rings. The molecule has 1 unspecified atom stereocenters. The number of aromatic nitrogens is 1. The first-order valence-electron chi connectivity index (χ1n) is 9.08. The molecule has 0 amide bonds. The van der Waals surface area contributed by atoms with Gasteiger partial charge >= 0.3 is 0 Å². The highest BCUT2D eigenvalue weighted by molar-refractivity contribution is 7.86. The topological polar surface area (TPSA) is 72.0 Å². The fourth-order valence-electron chi connectivity index (χ4n) is 3.64. The van der Waals surface area contributed by atoms with Gasteiger partial charge in [0.05, 0.1) is 13.7 Å². The van der Waals surface area contributed by atoms with E-state index in [1.165, 1.54) is 4.31 Å². The third kappa shape index (κ3) is 4.24. The number of pyridine rings is 1. The summed E-state index contributed by atoms with van der Waals surface area (Å²) in [6.45, 7) is 1.92. The van der Waals surface area contributed by atoms with E-state index in [4.69, 9.17) is 9.47 Å². The van der Waals surface area contributed by atoms with Gasteiger partial charge < -0.3 is 9.47 Å². The predicted octanol–water partition coefficient (Wildman–Crippen LogP) is 2.28. The van der Waals surface area contributed by atoms with E-state index in [-0.39, 0.29) is 12.5 Å². The Bertz CT molecular complexity index is 886. The SMILES string of the molecule is COCC1CCCN(S(=O)(=O)N(C)Cc2ccc(OC)c3ncccc23)C1. The van der Waals surface area contributed by atoms with Crippen molar-refractivity contribution in [2.75, 3.05) is 41.0 Å². The average molecular weight is 394 g/mol. The molecule has 1 aromatic heterocycles. The van der Waals surface area contributed by atoms with Gasteiger partial charge in [0.15, 0.2) is 0 Å². The monoisotopic (exact) mass is 393 g/mol. The lowest BCUT2D eigenvalue weighted by molar-refractivity contribution is 0.116. The molecule has 27 heavy (non-hydrogen) atoms. The molecule has 0 radical (unpaired) electrons. The first kappa shape index (κ1) is 20.0. The van der Waals surface area contributed by atoms with Gasteiger partial charge in [-0.25, -0.2) is 0 Å². The van der Waals surface area contributed by atoms with Crippen LogP contribution >= 0.6 is 0 Å². The van der Waals surface area contributed by atoms with Crippen LogP contribution in [0.2, 0.25) is 0 Å². The third-order valence-corrected chi connectivity index (χ3v) is 6.94. The Hall–Kier alpha value is -1.74. The average Bonchev–Trinajstić information content (AvgIpc) is 2.68. The van der Waals surface area contributed by atoms with Crippen molar-refractivity contribution in [2.24, 2.45) is 5.92 Å². The molecule has 0 N–H and O–H groups in total. The van der Waals surface area contributed by atoms with Crippen LogP contribution in [0.5, 0.6) is 5.75 Å². The Labute approximate surface area is 161 Å². The van der Waals surface area contributed by atoms with E-state index in [0.29, 0.717) is 25.4 Å². The largest absolute Gasteiger partial charge is 0.494 e. The van der Waals surface area contributed by atoms with Crippen LogP contribution in [0.4, 0.5) is 0 Å². The molecular weight excluding hydrogens is 366 g/mol. The van der Waals surface area contributed by atoms with Crippen molar-refractivity contribution < 1.29 is 17.9 Å². The summed E-state index contributed by atoms with van der Waals surface area (Å²) in [6, 6.07) is 7.52. The van der Waals surface area contributed by atoms with Crippen molar-refractivity contribution in [1.29, 1.82) is 0 Å². The van der Waals surface area contributed by atoms with Gasteiger partial charge in [0.2, 0.25) is 0 Å². The second-order valence-corrected chi connectivity index (χ2v) is 8.95. The molecule has 0 spiro atoms. The fourth-order valence-corrected chi connectivity index (χ4v) is 5.09. The number of benzene rings is 1. The summed E-state index contributed by atoms with van der Waals surface area (Å²) in [4.78, 5) is 4.39. The maximum absolute atomic E-state index is 13.1. The number of ether oxygens (including phenoxy) is 2. The van der Waals surface area contributed by atoms with E-state index in [9.17, 15) is 8.42 Å². The molecule has 7 nitrogen and oxygen atoms in total. The summed E-state index contributed by atoms with van der Waals surface area (Å²) in [5.74, 6) is 0.927. The lowest BCUT2D eigenvalue weighted by Gasteiger charge is -2.34. The maximum Gasteiger partial charge on any atom is 0.282 e. The van der Waals surface area contributed by atoms with Gasteiger partial charge in [-0.2, -0.15) is 17.0 Å². The van der Waals surface area contributed by atoms with Crippen molar-refractivity contribution in [3.05, 3.63) is 36.0 Å². The van der Waals surface area contributed by atoms with Gasteiger partial charge in [0.1, 0.15) is 11.3 Å². The van der Waals surface area contributed by atoms with Gasteiger partial charge in [0.25, 0.3) is 10.2 Å². The summed E-state index contributed by atoms with van der Waals surface area (Å²) >= 11 is 0.